The van der Waals surface area contributed by atoms with E-state index in [1.54, 1.807) is 24.3 Å². The van der Waals surface area contributed by atoms with Gasteiger partial charge in [0.15, 0.2) is 0 Å². The zero-order valence-electron chi connectivity index (χ0n) is 14.9. The van der Waals surface area contributed by atoms with E-state index in [2.05, 4.69) is 5.32 Å². The highest BCUT2D eigenvalue weighted by atomic mass is 16.5. The third-order valence-corrected chi connectivity index (χ3v) is 4.25. The van der Waals surface area contributed by atoms with Gasteiger partial charge in [-0.15, -0.1) is 0 Å². The Bertz CT molecular complexity index is 829. The molecule has 0 bridgehead atoms. The highest BCUT2D eigenvalue weighted by Crippen LogP contribution is 2.26. The molecule has 0 aromatic heterocycles. The quantitative estimate of drug-likeness (QED) is 0.776. The first-order valence-electron chi connectivity index (χ1n) is 8.64. The summed E-state index contributed by atoms with van der Waals surface area (Å²) in [4.78, 5) is 23.6. The SMILES string of the molecule is COc1cc(C(=O)O)ccc1NC(=O)c1cccc(OCC2CCCO2)c1. The molecule has 1 fully saturated rings. The van der Waals surface area contributed by atoms with Gasteiger partial charge in [0.25, 0.3) is 5.91 Å². The van der Waals surface area contributed by atoms with Crippen molar-refractivity contribution >= 4 is 17.6 Å². The van der Waals surface area contributed by atoms with Crippen molar-refractivity contribution in [1.29, 1.82) is 0 Å². The van der Waals surface area contributed by atoms with E-state index in [0.29, 0.717) is 23.6 Å². The van der Waals surface area contributed by atoms with Gasteiger partial charge in [-0.1, -0.05) is 6.07 Å². The Morgan fingerprint density at radius 2 is 2.07 bits per heavy atom. The summed E-state index contributed by atoms with van der Waals surface area (Å²) in [6, 6.07) is 11.1. The number of carboxylic acid groups (broad SMARTS) is 1. The molecule has 1 aliphatic heterocycles. The minimum atomic E-state index is -1.07. The predicted molar refractivity (Wildman–Crippen MR) is 98.8 cm³/mol. The minimum absolute atomic E-state index is 0.0781. The van der Waals surface area contributed by atoms with Gasteiger partial charge in [0, 0.05) is 12.2 Å². The summed E-state index contributed by atoms with van der Waals surface area (Å²) in [7, 11) is 1.41. The fourth-order valence-electron chi connectivity index (χ4n) is 2.81. The number of methoxy groups -OCH3 is 1. The zero-order valence-corrected chi connectivity index (χ0v) is 14.9. The minimum Gasteiger partial charge on any atom is -0.495 e. The fraction of sp³-hybridized carbons (Fsp3) is 0.300. The summed E-state index contributed by atoms with van der Waals surface area (Å²) >= 11 is 0. The van der Waals surface area contributed by atoms with Crippen LogP contribution in [-0.2, 0) is 4.74 Å². The zero-order chi connectivity index (χ0) is 19.2. The normalized spacial score (nSPS) is 16.0. The van der Waals surface area contributed by atoms with E-state index in [4.69, 9.17) is 19.3 Å². The Morgan fingerprint density at radius 3 is 2.78 bits per heavy atom. The lowest BCUT2D eigenvalue weighted by molar-refractivity contribution is 0.0679. The number of benzene rings is 2. The predicted octanol–water partition coefficient (Wildman–Crippen LogP) is 3.20. The lowest BCUT2D eigenvalue weighted by Crippen LogP contribution is -2.17. The molecule has 0 saturated carbocycles. The van der Waals surface area contributed by atoms with Crippen molar-refractivity contribution in [3.05, 3.63) is 53.6 Å². The molecular weight excluding hydrogens is 350 g/mol. The van der Waals surface area contributed by atoms with Crippen LogP contribution in [0.3, 0.4) is 0 Å². The van der Waals surface area contributed by atoms with Gasteiger partial charge in [-0.25, -0.2) is 4.79 Å². The van der Waals surface area contributed by atoms with Crippen molar-refractivity contribution in [2.75, 3.05) is 25.6 Å². The molecule has 0 spiro atoms. The molecule has 1 aliphatic rings. The van der Waals surface area contributed by atoms with Gasteiger partial charge < -0.3 is 24.6 Å². The number of hydrogen-bond acceptors (Lipinski definition) is 5. The Hall–Kier alpha value is -3.06. The summed E-state index contributed by atoms with van der Waals surface area (Å²) < 4.78 is 16.4. The lowest BCUT2D eigenvalue weighted by atomic mass is 10.1. The van der Waals surface area contributed by atoms with Gasteiger partial charge in [-0.2, -0.15) is 0 Å². The third-order valence-electron chi connectivity index (χ3n) is 4.25. The number of anilines is 1. The number of amides is 1. The summed E-state index contributed by atoms with van der Waals surface area (Å²) in [5, 5.41) is 11.8. The van der Waals surface area contributed by atoms with E-state index in [0.717, 1.165) is 19.4 Å². The average Bonchev–Trinajstić information content (AvgIpc) is 3.20. The molecule has 1 atom stereocenters. The van der Waals surface area contributed by atoms with Crippen LogP contribution in [0.5, 0.6) is 11.5 Å². The van der Waals surface area contributed by atoms with E-state index in [-0.39, 0.29) is 23.3 Å². The lowest BCUT2D eigenvalue weighted by Gasteiger charge is -2.13. The number of carbonyl (C=O) groups is 2. The molecule has 2 aromatic carbocycles. The number of nitrogens with one attached hydrogen (secondary N) is 1. The van der Waals surface area contributed by atoms with Crippen LogP contribution >= 0.6 is 0 Å². The molecule has 0 radical (unpaired) electrons. The number of aromatic carboxylic acids is 1. The Labute approximate surface area is 156 Å². The smallest absolute Gasteiger partial charge is 0.335 e. The topological polar surface area (TPSA) is 94.1 Å². The van der Waals surface area contributed by atoms with Crippen LogP contribution < -0.4 is 14.8 Å². The monoisotopic (exact) mass is 371 g/mol. The first kappa shape index (κ1) is 18.7. The maximum atomic E-state index is 12.6. The van der Waals surface area contributed by atoms with Crippen molar-refractivity contribution in [2.45, 2.75) is 18.9 Å². The summed E-state index contributed by atoms with van der Waals surface area (Å²) in [5.41, 5.74) is 0.886. The highest BCUT2D eigenvalue weighted by Gasteiger charge is 2.17. The molecule has 7 nitrogen and oxygen atoms in total. The van der Waals surface area contributed by atoms with Gasteiger partial charge in [0.2, 0.25) is 0 Å². The first-order chi connectivity index (χ1) is 13.1. The second-order valence-electron chi connectivity index (χ2n) is 6.15. The van der Waals surface area contributed by atoms with Crippen molar-refractivity contribution < 1.29 is 28.9 Å². The molecule has 27 heavy (non-hydrogen) atoms. The highest BCUT2D eigenvalue weighted by molar-refractivity contribution is 6.05. The number of carboxylic acids is 1. The molecule has 3 rings (SSSR count). The first-order valence-corrected chi connectivity index (χ1v) is 8.64. The van der Waals surface area contributed by atoms with Crippen LogP contribution in [0.2, 0.25) is 0 Å². The number of rotatable bonds is 7. The van der Waals surface area contributed by atoms with Crippen molar-refractivity contribution in [1.82, 2.24) is 0 Å². The van der Waals surface area contributed by atoms with Crippen molar-refractivity contribution in [3.63, 3.8) is 0 Å². The molecule has 2 aromatic rings. The second-order valence-corrected chi connectivity index (χ2v) is 6.15. The average molecular weight is 371 g/mol. The Kier molecular flexibility index (Phi) is 5.93. The van der Waals surface area contributed by atoms with Crippen LogP contribution in [0.15, 0.2) is 42.5 Å². The molecule has 1 amide bonds. The van der Waals surface area contributed by atoms with Gasteiger partial charge in [0.05, 0.1) is 24.5 Å². The standard InChI is InChI=1S/C20H21NO6/c1-25-18-11-14(20(23)24)7-8-17(18)21-19(22)13-4-2-5-15(10-13)27-12-16-6-3-9-26-16/h2,4-5,7-8,10-11,16H,3,6,9,12H2,1H3,(H,21,22)(H,23,24). The number of carbonyl (C=O) groups excluding carboxylic acids is 1. The molecule has 1 heterocycles. The number of hydrogen-bond donors (Lipinski definition) is 2. The van der Waals surface area contributed by atoms with Crippen molar-refractivity contribution in [2.24, 2.45) is 0 Å². The molecule has 2 N–H and O–H groups in total. The maximum absolute atomic E-state index is 12.6. The summed E-state index contributed by atoms with van der Waals surface area (Å²) in [5.74, 6) is -0.554. The van der Waals surface area contributed by atoms with Gasteiger partial charge in [-0.3, -0.25) is 4.79 Å². The molecular formula is C20H21NO6. The maximum Gasteiger partial charge on any atom is 0.335 e. The summed E-state index contributed by atoms with van der Waals surface area (Å²) in [6.45, 7) is 1.22. The van der Waals surface area contributed by atoms with E-state index in [9.17, 15) is 9.59 Å². The largest absolute Gasteiger partial charge is 0.495 e. The molecule has 0 aliphatic carbocycles. The third kappa shape index (κ3) is 4.77. The van der Waals surface area contributed by atoms with E-state index >= 15 is 0 Å². The number of ether oxygens (including phenoxy) is 3. The summed E-state index contributed by atoms with van der Waals surface area (Å²) in [6.07, 6.45) is 2.12. The molecule has 1 unspecified atom stereocenters. The van der Waals surface area contributed by atoms with Crippen LogP contribution in [0.1, 0.15) is 33.6 Å². The molecule has 1 saturated heterocycles. The fourth-order valence-corrected chi connectivity index (χ4v) is 2.81. The second kappa shape index (κ2) is 8.55. The molecule has 7 heteroatoms. The van der Waals surface area contributed by atoms with Crippen LogP contribution in [0.25, 0.3) is 0 Å². The van der Waals surface area contributed by atoms with Gasteiger partial charge in [0.1, 0.15) is 18.1 Å². The van der Waals surface area contributed by atoms with Crippen LogP contribution in [0.4, 0.5) is 5.69 Å². The van der Waals surface area contributed by atoms with Crippen molar-refractivity contribution in [3.8, 4) is 11.5 Å². The Morgan fingerprint density at radius 1 is 1.22 bits per heavy atom. The van der Waals surface area contributed by atoms with E-state index in [1.165, 1.54) is 25.3 Å². The van der Waals surface area contributed by atoms with Crippen LogP contribution in [0, 0.1) is 0 Å². The van der Waals surface area contributed by atoms with E-state index in [1.807, 2.05) is 0 Å². The van der Waals surface area contributed by atoms with E-state index < -0.39 is 5.97 Å². The van der Waals surface area contributed by atoms with Gasteiger partial charge in [-0.05, 0) is 49.2 Å². The molecule has 142 valence electrons. The Balaban J connectivity index is 1.68. The van der Waals surface area contributed by atoms with Gasteiger partial charge >= 0.3 is 5.97 Å². The van der Waals surface area contributed by atoms with Crippen LogP contribution in [-0.4, -0.2) is 43.4 Å².